The predicted molar refractivity (Wildman–Crippen MR) is 39.0 cm³/mol. The maximum atomic E-state index is 8.33. The quantitative estimate of drug-likeness (QED) is 0.655. The number of hydrogen-bond donors (Lipinski definition) is 1. The molecule has 0 unspecified atom stereocenters. The molecule has 8 heavy (non-hydrogen) atoms. The molecule has 0 amide bonds. The number of unbranched alkanes of at least 4 members (excludes halogenated alkanes) is 1. The van der Waals surface area contributed by atoms with E-state index in [0.717, 1.165) is 23.7 Å². The van der Waals surface area contributed by atoms with E-state index in [1.807, 2.05) is 0 Å². The number of rotatable bonds is 4. The van der Waals surface area contributed by atoms with Crippen LogP contribution in [-0.2, 0) is 0 Å². The zero-order valence-corrected chi connectivity index (χ0v) is 6.45. The van der Waals surface area contributed by atoms with Crippen molar-refractivity contribution in [1.82, 2.24) is 0 Å². The van der Waals surface area contributed by atoms with E-state index in [1.165, 1.54) is 0 Å². The number of hydrogen-bond acceptors (Lipinski definition) is 1. The smallest absolute Gasteiger partial charge is 0.0431 e. The fraction of sp³-hybridized carbons (Fsp3) is 0.667. The summed E-state index contributed by atoms with van der Waals surface area (Å²) in [5, 5.41) is 8.33. The molecule has 0 rings (SSSR count). The summed E-state index contributed by atoms with van der Waals surface area (Å²) in [6.07, 6.45) is 2.88. The van der Waals surface area contributed by atoms with Gasteiger partial charge >= 0.3 is 0 Å². The van der Waals surface area contributed by atoms with E-state index in [1.54, 1.807) is 0 Å². The number of halogens is 1. The Hall–Kier alpha value is 0.180. The predicted octanol–water partition coefficient (Wildman–Crippen LogP) is 2.06. The van der Waals surface area contributed by atoms with Crippen LogP contribution in [0.25, 0.3) is 0 Å². The lowest BCUT2D eigenvalue weighted by molar-refractivity contribution is 0.285. The monoisotopic (exact) mass is 178 g/mol. The molecular weight excluding hydrogens is 168 g/mol. The zero-order valence-electron chi connectivity index (χ0n) is 4.86. The van der Waals surface area contributed by atoms with E-state index in [-0.39, 0.29) is 0 Å². The fourth-order valence-electron chi connectivity index (χ4n) is 0.429. The van der Waals surface area contributed by atoms with Crippen molar-refractivity contribution in [2.45, 2.75) is 19.3 Å². The molecular formula is C6H11BrO. The van der Waals surface area contributed by atoms with Crippen LogP contribution in [0.3, 0.4) is 0 Å². The summed E-state index contributed by atoms with van der Waals surface area (Å²) in [6.45, 7) is 3.95. The molecule has 0 fully saturated rings. The van der Waals surface area contributed by atoms with Crippen LogP contribution in [0.2, 0.25) is 0 Å². The van der Waals surface area contributed by atoms with Gasteiger partial charge < -0.3 is 5.11 Å². The van der Waals surface area contributed by atoms with Crippen molar-refractivity contribution >= 4 is 15.9 Å². The Labute approximate surface area is 58.5 Å². The van der Waals surface area contributed by atoms with E-state index in [9.17, 15) is 0 Å². The first kappa shape index (κ1) is 8.18. The SMILES string of the molecule is C=C(Br)CCCCO. The van der Waals surface area contributed by atoms with Gasteiger partial charge in [-0.05, 0) is 23.7 Å². The molecule has 0 heterocycles. The molecule has 0 aromatic heterocycles. The Morgan fingerprint density at radius 3 is 2.50 bits per heavy atom. The molecule has 0 aromatic rings. The van der Waals surface area contributed by atoms with Crippen LogP contribution in [0.5, 0.6) is 0 Å². The molecule has 2 heteroatoms. The Balaban J connectivity index is 2.82. The number of allylic oxidation sites excluding steroid dienone is 1. The number of aliphatic hydroxyl groups is 1. The third-order valence-corrected chi connectivity index (χ3v) is 1.25. The van der Waals surface area contributed by atoms with Crippen molar-refractivity contribution in [2.24, 2.45) is 0 Å². The standard InChI is InChI=1S/C6H11BrO/c1-6(7)4-2-3-5-8/h8H,1-5H2. The second-order valence-corrected chi connectivity index (χ2v) is 2.82. The highest BCUT2D eigenvalue weighted by atomic mass is 79.9. The van der Waals surface area contributed by atoms with E-state index >= 15 is 0 Å². The Morgan fingerprint density at radius 2 is 2.12 bits per heavy atom. The van der Waals surface area contributed by atoms with Crippen molar-refractivity contribution in [1.29, 1.82) is 0 Å². The van der Waals surface area contributed by atoms with Gasteiger partial charge in [-0.15, -0.1) is 0 Å². The maximum absolute atomic E-state index is 8.33. The van der Waals surface area contributed by atoms with Gasteiger partial charge in [0.25, 0.3) is 0 Å². The normalized spacial score (nSPS) is 9.25. The summed E-state index contributed by atoms with van der Waals surface area (Å²) >= 11 is 3.23. The van der Waals surface area contributed by atoms with Crippen LogP contribution in [-0.4, -0.2) is 11.7 Å². The van der Waals surface area contributed by atoms with Crippen LogP contribution in [0.4, 0.5) is 0 Å². The highest BCUT2D eigenvalue weighted by Gasteiger charge is 1.86. The van der Waals surface area contributed by atoms with E-state index in [2.05, 4.69) is 22.5 Å². The molecule has 0 bridgehead atoms. The summed E-state index contributed by atoms with van der Waals surface area (Å²) in [5.74, 6) is 0. The first-order valence-corrected chi connectivity index (χ1v) is 3.51. The highest BCUT2D eigenvalue weighted by Crippen LogP contribution is 2.10. The van der Waals surface area contributed by atoms with Gasteiger partial charge in [-0.3, -0.25) is 0 Å². The van der Waals surface area contributed by atoms with E-state index in [0.29, 0.717) is 6.61 Å². The Morgan fingerprint density at radius 1 is 1.50 bits per heavy atom. The van der Waals surface area contributed by atoms with Gasteiger partial charge in [0.1, 0.15) is 0 Å². The summed E-state index contributed by atoms with van der Waals surface area (Å²) in [6, 6.07) is 0. The molecule has 0 spiro atoms. The third-order valence-electron chi connectivity index (χ3n) is 0.856. The molecule has 0 radical (unpaired) electrons. The largest absolute Gasteiger partial charge is 0.396 e. The summed E-state index contributed by atoms with van der Waals surface area (Å²) in [5.41, 5.74) is 0. The molecule has 0 aliphatic heterocycles. The second kappa shape index (κ2) is 5.32. The van der Waals surface area contributed by atoms with Gasteiger partial charge in [0.2, 0.25) is 0 Å². The van der Waals surface area contributed by atoms with Crippen LogP contribution < -0.4 is 0 Å². The lowest BCUT2D eigenvalue weighted by Gasteiger charge is -1.92. The van der Waals surface area contributed by atoms with Gasteiger partial charge in [-0.25, -0.2) is 0 Å². The first-order valence-electron chi connectivity index (χ1n) is 2.71. The second-order valence-electron chi connectivity index (χ2n) is 1.70. The van der Waals surface area contributed by atoms with Gasteiger partial charge in [-0.2, -0.15) is 0 Å². The average molecular weight is 179 g/mol. The van der Waals surface area contributed by atoms with Crippen LogP contribution in [0.1, 0.15) is 19.3 Å². The molecule has 0 aromatic carbocycles. The molecule has 0 saturated heterocycles. The highest BCUT2D eigenvalue weighted by molar-refractivity contribution is 9.11. The van der Waals surface area contributed by atoms with Gasteiger partial charge in [0, 0.05) is 6.61 Å². The average Bonchev–Trinajstić information content (AvgIpc) is 1.66. The van der Waals surface area contributed by atoms with Crippen molar-refractivity contribution in [3.63, 3.8) is 0 Å². The molecule has 48 valence electrons. The molecule has 1 N–H and O–H groups in total. The maximum Gasteiger partial charge on any atom is 0.0431 e. The lowest BCUT2D eigenvalue weighted by Crippen LogP contribution is -1.81. The summed E-state index contributed by atoms with van der Waals surface area (Å²) in [4.78, 5) is 0. The first-order chi connectivity index (χ1) is 3.77. The topological polar surface area (TPSA) is 20.2 Å². The minimum Gasteiger partial charge on any atom is -0.396 e. The van der Waals surface area contributed by atoms with Gasteiger partial charge in [-0.1, -0.05) is 22.5 Å². The van der Waals surface area contributed by atoms with Crippen molar-refractivity contribution < 1.29 is 5.11 Å². The van der Waals surface area contributed by atoms with Crippen LogP contribution >= 0.6 is 15.9 Å². The Bertz CT molecular complexity index is 70.9. The molecule has 1 nitrogen and oxygen atoms in total. The minimum absolute atomic E-state index is 0.292. The van der Waals surface area contributed by atoms with Crippen molar-refractivity contribution in [3.8, 4) is 0 Å². The molecule has 0 saturated carbocycles. The molecule has 0 atom stereocenters. The van der Waals surface area contributed by atoms with Crippen LogP contribution in [0, 0.1) is 0 Å². The summed E-state index contributed by atoms with van der Waals surface area (Å²) < 4.78 is 1.02. The third kappa shape index (κ3) is 6.18. The van der Waals surface area contributed by atoms with Gasteiger partial charge in [0.15, 0.2) is 0 Å². The number of aliphatic hydroxyl groups excluding tert-OH is 1. The minimum atomic E-state index is 0.292. The van der Waals surface area contributed by atoms with Crippen molar-refractivity contribution in [3.05, 3.63) is 11.1 Å². The summed E-state index contributed by atoms with van der Waals surface area (Å²) in [7, 11) is 0. The van der Waals surface area contributed by atoms with Crippen molar-refractivity contribution in [2.75, 3.05) is 6.61 Å². The zero-order chi connectivity index (χ0) is 6.41. The fourth-order valence-corrected chi connectivity index (χ4v) is 0.709. The Kier molecular flexibility index (Phi) is 5.44. The lowest BCUT2D eigenvalue weighted by atomic mass is 10.2. The van der Waals surface area contributed by atoms with E-state index in [4.69, 9.17) is 5.11 Å². The molecule has 0 aliphatic carbocycles. The van der Waals surface area contributed by atoms with Gasteiger partial charge in [0.05, 0.1) is 0 Å². The van der Waals surface area contributed by atoms with Crippen LogP contribution in [0.15, 0.2) is 11.1 Å². The molecule has 0 aliphatic rings. The van der Waals surface area contributed by atoms with E-state index < -0.39 is 0 Å².